The van der Waals surface area contributed by atoms with Gasteiger partial charge in [-0.15, -0.1) is 0 Å². The van der Waals surface area contributed by atoms with Crippen molar-refractivity contribution in [3.63, 3.8) is 0 Å². The number of hydrogen-bond donors (Lipinski definition) is 2. The van der Waals surface area contributed by atoms with Crippen LogP contribution in [-0.4, -0.2) is 35.4 Å². The lowest BCUT2D eigenvalue weighted by molar-refractivity contribution is -0.116. The molecule has 0 spiro atoms. The molecular weight excluding hydrogens is 358 g/mol. The van der Waals surface area contributed by atoms with Crippen molar-refractivity contribution in [2.75, 3.05) is 5.32 Å². The molecule has 2 N–H and O–H groups in total. The molecule has 0 radical (unpaired) electrons. The van der Waals surface area contributed by atoms with Gasteiger partial charge in [-0.25, -0.2) is 0 Å². The molecule has 0 aliphatic rings. The Kier molecular flexibility index (Phi) is 4.48. The second-order valence-corrected chi connectivity index (χ2v) is 6.51. The normalized spacial score (nSPS) is 11.1. The molecule has 1 amide bonds. The first-order chi connectivity index (χ1) is 13.5. The molecule has 142 valence electrons. The summed E-state index contributed by atoms with van der Waals surface area (Å²) in [6.07, 6.45) is 2.43. The van der Waals surface area contributed by atoms with Gasteiger partial charge in [-0.1, -0.05) is 30.3 Å². The summed E-state index contributed by atoms with van der Waals surface area (Å²) in [7, 11) is 1.71. The molecular formula is C19H19N7O2. The van der Waals surface area contributed by atoms with E-state index in [9.17, 15) is 9.59 Å². The first-order valence-corrected chi connectivity index (χ1v) is 8.84. The van der Waals surface area contributed by atoms with Gasteiger partial charge < -0.3 is 5.32 Å². The molecule has 4 aromatic rings. The number of rotatable bonds is 5. The Balaban J connectivity index is 1.59. The fraction of sp³-hybridized carbons (Fsp3) is 0.211. The third-order valence-electron chi connectivity index (χ3n) is 4.37. The van der Waals surface area contributed by atoms with E-state index in [1.807, 2.05) is 30.3 Å². The van der Waals surface area contributed by atoms with Crippen LogP contribution in [0.2, 0.25) is 0 Å². The van der Waals surface area contributed by atoms with Crippen molar-refractivity contribution < 1.29 is 4.79 Å². The molecule has 0 aliphatic carbocycles. The van der Waals surface area contributed by atoms with E-state index in [-0.39, 0.29) is 17.4 Å². The highest BCUT2D eigenvalue weighted by Crippen LogP contribution is 2.16. The van der Waals surface area contributed by atoms with Crippen molar-refractivity contribution in [1.29, 1.82) is 0 Å². The van der Waals surface area contributed by atoms with Gasteiger partial charge in [0.25, 0.3) is 5.56 Å². The molecule has 0 atom stereocenters. The lowest BCUT2D eigenvalue weighted by Gasteiger charge is -2.08. The van der Waals surface area contributed by atoms with Crippen molar-refractivity contribution in [2.45, 2.75) is 19.8 Å². The predicted octanol–water partition coefficient (Wildman–Crippen LogP) is 1.72. The summed E-state index contributed by atoms with van der Waals surface area (Å²) in [5, 5.41) is 11.7. The minimum Gasteiger partial charge on any atom is -0.310 e. The molecule has 1 aromatic carbocycles. The second-order valence-electron chi connectivity index (χ2n) is 6.51. The number of anilines is 1. The molecule has 3 aromatic heterocycles. The summed E-state index contributed by atoms with van der Waals surface area (Å²) < 4.78 is 2.94. The lowest BCUT2D eigenvalue weighted by atomic mass is 10.1. The van der Waals surface area contributed by atoms with Gasteiger partial charge in [-0.2, -0.15) is 19.9 Å². The molecule has 28 heavy (non-hydrogen) atoms. The Bertz CT molecular complexity index is 1200. The van der Waals surface area contributed by atoms with Crippen LogP contribution < -0.4 is 10.9 Å². The van der Waals surface area contributed by atoms with Crippen molar-refractivity contribution in [3.8, 4) is 5.95 Å². The first-order valence-electron chi connectivity index (χ1n) is 8.84. The van der Waals surface area contributed by atoms with Crippen LogP contribution in [0.3, 0.4) is 0 Å². The summed E-state index contributed by atoms with van der Waals surface area (Å²) in [4.78, 5) is 31.8. The molecule has 4 rings (SSSR count). The van der Waals surface area contributed by atoms with Crippen LogP contribution >= 0.6 is 0 Å². The smallest absolute Gasteiger partial charge is 0.263 e. The maximum atomic E-state index is 12.4. The van der Waals surface area contributed by atoms with Gasteiger partial charge in [0.1, 0.15) is 11.2 Å². The van der Waals surface area contributed by atoms with Crippen molar-refractivity contribution in [1.82, 2.24) is 29.5 Å². The summed E-state index contributed by atoms with van der Waals surface area (Å²) in [5.74, 6) is 0.516. The third kappa shape index (κ3) is 3.41. The number of H-pyrrole nitrogens is 1. The minimum absolute atomic E-state index is 0.144. The van der Waals surface area contributed by atoms with Crippen LogP contribution in [0, 0.1) is 6.92 Å². The quantitative estimate of drug-likeness (QED) is 0.550. The average Bonchev–Trinajstić information content (AvgIpc) is 3.24. The van der Waals surface area contributed by atoms with Crippen molar-refractivity contribution in [3.05, 3.63) is 64.2 Å². The molecule has 0 saturated heterocycles. The van der Waals surface area contributed by atoms with Gasteiger partial charge in [0.15, 0.2) is 5.65 Å². The number of amides is 1. The number of nitrogens with zero attached hydrogens (tertiary/aromatic N) is 5. The Hall–Kier alpha value is -3.75. The van der Waals surface area contributed by atoms with E-state index in [1.54, 1.807) is 20.0 Å². The van der Waals surface area contributed by atoms with Crippen LogP contribution in [0.15, 0.2) is 47.4 Å². The lowest BCUT2D eigenvalue weighted by Crippen LogP contribution is -2.19. The molecule has 0 fully saturated rings. The standard InChI is InChI=1S/C19H19N7O2/c1-12-10-15(21-16(27)9-8-13-6-4-3-5-7-13)26(24-12)19-22-17-14(18(28)23-19)11-20-25(17)2/h3-7,10-11H,8-9H2,1-2H3,(H,21,27)(H,22,23,28). The van der Waals surface area contributed by atoms with Gasteiger partial charge >= 0.3 is 0 Å². The molecule has 0 saturated carbocycles. The van der Waals surface area contributed by atoms with Gasteiger partial charge in [0, 0.05) is 19.5 Å². The van der Waals surface area contributed by atoms with Crippen LogP contribution in [0.5, 0.6) is 0 Å². The Morgan fingerprint density at radius 3 is 2.82 bits per heavy atom. The molecule has 0 bridgehead atoms. The minimum atomic E-state index is -0.317. The number of aryl methyl sites for hydroxylation is 3. The number of hydrogen-bond acceptors (Lipinski definition) is 5. The maximum Gasteiger partial charge on any atom is 0.263 e. The summed E-state index contributed by atoms with van der Waals surface area (Å²) in [5.41, 5.74) is 1.90. The highest BCUT2D eigenvalue weighted by Gasteiger charge is 2.15. The van der Waals surface area contributed by atoms with E-state index in [4.69, 9.17) is 0 Å². The number of aromatic amines is 1. The average molecular weight is 377 g/mol. The molecule has 9 nitrogen and oxygen atoms in total. The fourth-order valence-corrected chi connectivity index (χ4v) is 2.98. The Morgan fingerprint density at radius 1 is 1.25 bits per heavy atom. The Labute approximate surface area is 160 Å². The summed E-state index contributed by atoms with van der Waals surface area (Å²) >= 11 is 0. The second kappa shape index (κ2) is 7.10. The Morgan fingerprint density at radius 2 is 2.04 bits per heavy atom. The van der Waals surface area contributed by atoms with E-state index in [2.05, 4.69) is 25.5 Å². The largest absolute Gasteiger partial charge is 0.310 e. The number of carbonyl (C=O) groups is 1. The summed E-state index contributed by atoms with van der Waals surface area (Å²) in [6, 6.07) is 11.5. The highest BCUT2D eigenvalue weighted by atomic mass is 16.1. The van der Waals surface area contributed by atoms with Crippen LogP contribution in [-0.2, 0) is 18.3 Å². The topological polar surface area (TPSA) is 110 Å². The monoisotopic (exact) mass is 377 g/mol. The van der Waals surface area contributed by atoms with E-state index < -0.39 is 0 Å². The number of aromatic nitrogens is 6. The van der Waals surface area contributed by atoms with Crippen molar-refractivity contribution >= 4 is 22.8 Å². The summed E-state index contributed by atoms with van der Waals surface area (Å²) in [6.45, 7) is 1.80. The van der Waals surface area contributed by atoms with Gasteiger partial charge in [-0.3, -0.25) is 19.3 Å². The predicted molar refractivity (Wildman–Crippen MR) is 104 cm³/mol. The zero-order valence-electron chi connectivity index (χ0n) is 15.5. The zero-order valence-corrected chi connectivity index (χ0v) is 15.5. The third-order valence-corrected chi connectivity index (χ3v) is 4.37. The number of nitrogens with one attached hydrogen (secondary N) is 2. The van der Waals surface area contributed by atoms with E-state index >= 15 is 0 Å². The molecule has 9 heteroatoms. The van der Waals surface area contributed by atoms with Crippen LogP contribution in [0.25, 0.3) is 17.0 Å². The molecule has 0 unspecified atom stereocenters. The zero-order chi connectivity index (χ0) is 19.7. The van der Waals surface area contributed by atoms with Crippen LogP contribution in [0.4, 0.5) is 5.82 Å². The highest BCUT2D eigenvalue weighted by molar-refractivity contribution is 5.90. The SMILES string of the molecule is Cc1cc(NC(=O)CCc2ccccc2)n(-c2nc3c(cnn3C)c(=O)[nH]2)n1. The van der Waals surface area contributed by atoms with E-state index in [1.165, 1.54) is 15.6 Å². The molecule has 0 aliphatic heterocycles. The number of fused-ring (bicyclic) bond motifs is 1. The fourth-order valence-electron chi connectivity index (χ4n) is 2.98. The van der Waals surface area contributed by atoms with E-state index in [0.717, 1.165) is 5.56 Å². The van der Waals surface area contributed by atoms with Crippen LogP contribution in [0.1, 0.15) is 17.7 Å². The van der Waals surface area contributed by atoms with Gasteiger partial charge in [0.05, 0.1) is 11.9 Å². The van der Waals surface area contributed by atoms with Gasteiger partial charge in [0.2, 0.25) is 11.9 Å². The first kappa shape index (κ1) is 17.7. The number of benzene rings is 1. The van der Waals surface area contributed by atoms with E-state index in [0.29, 0.717) is 35.4 Å². The van der Waals surface area contributed by atoms with Crippen molar-refractivity contribution in [2.24, 2.45) is 7.05 Å². The molecule has 3 heterocycles. The maximum absolute atomic E-state index is 12.4. The number of carbonyl (C=O) groups excluding carboxylic acids is 1. The van der Waals surface area contributed by atoms with Gasteiger partial charge in [-0.05, 0) is 18.9 Å².